The molecule has 3 rings (SSSR count). The molecule has 0 unspecified atom stereocenters. The van der Waals surface area contributed by atoms with Crippen LogP contribution in [-0.4, -0.2) is 21.0 Å². The molecule has 0 saturated carbocycles. The number of thiazole rings is 1. The predicted octanol–water partition coefficient (Wildman–Crippen LogP) is 3.81. The summed E-state index contributed by atoms with van der Waals surface area (Å²) in [6, 6.07) is 7.21. The lowest BCUT2D eigenvalue weighted by Gasteiger charge is -1.99. The summed E-state index contributed by atoms with van der Waals surface area (Å²) in [5, 5.41) is 9.75. The van der Waals surface area contributed by atoms with Gasteiger partial charge in [-0.3, -0.25) is 4.79 Å². The number of benzene rings is 1. The first-order valence-corrected chi connectivity index (χ1v) is 8.24. The highest BCUT2D eigenvalue weighted by molar-refractivity contribution is 7.13. The van der Waals surface area contributed by atoms with Gasteiger partial charge < -0.3 is 9.84 Å². The molecule has 1 aromatic carbocycles. The van der Waals surface area contributed by atoms with Crippen molar-refractivity contribution in [2.24, 2.45) is 0 Å². The SMILES string of the molecule is O=C(CCCc1nc(-c2ccc(Cl)cc2)no1)Nc1nccs1. The van der Waals surface area contributed by atoms with Crippen LogP contribution in [0.2, 0.25) is 5.02 Å². The van der Waals surface area contributed by atoms with Gasteiger partial charge in [-0.25, -0.2) is 4.98 Å². The third-order valence-electron chi connectivity index (χ3n) is 3.04. The van der Waals surface area contributed by atoms with E-state index in [0.29, 0.717) is 41.1 Å². The fourth-order valence-corrected chi connectivity index (χ4v) is 2.61. The van der Waals surface area contributed by atoms with Crippen LogP contribution in [0.25, 0.3) is 11.4 Å². The first kappa shape index (κ1) is 15.6. The molecule has 2 heterocycles. The van der Waals surface area contributed by atoms with Crippen LogP contribution >= 0.6 is 22.9 Å². The Balaban J connectivity index is 1.49. The summed E-state index contributed by atoms with van der Waals surface area (Å²) < 4.78 is 5.20. The Morgan fingerprint density at radius 1 is 1.30 bits per heavy atom. The van der Waals surface area contributed by atoms with Crippen LogP contribution in [0, 0.1) is 0 Å². The quantitative estimate of drug-likeness (QED) is 0.732. The van der Waals surface area contributed by atoms with Gasteiger partial charge in [-0.15, -0.1) is 11.3 Å². The van der Waals surface area contributed by atoms with E-state index in [1.165, 1.54) is 11.3 Å². The molecule has 0 aliphatic carbocycles. The number of halogens is 1. The van der Waals surface area contributed by atoms with Crippen LogP contribution in [0.3, 0.4) is 0 Å². The molecular formula is C15H13ClN4O2S. The Labute approximate surface area is 141 Å². The number of aryl methyl sites for hydroxylation is 1. The molecule has 8 heteroatoms. The van der Waals surface area contributed by atoms with Crippen LogP contribution in [0.5, 0.6) is 0 Å². The summed E-state index contributed by atoms with van der Waals surface area (Å²) in [5.74, 6) is 0.957. The summed E-state index contributed by atoms with van der Waals surface area (Å²) in [5.41, 5.74) is 0.839. The minimum Gasteiger partial charge on any atom is -0.339 e. The average molecular weight is 349 g/mol. The zero-order chi connectivity index (χ0) is 16.1. The van der Waals surface area contributed by atoms with Crippen molar-refractivity contribution in [1.82, 2.24) is 15.1 Å². The second kappa shape index (κ2) is 7.34. The lowest BCUT2D eigenvalue weighted by Crippen LogP contribution is -2.11. The van der Waals surface area contributed by atoms with Gasteiger partial charge >= 0.3 is 0 Å². The molecule has 0 aliphatic rings. The summed E-state index contributed by atoms with van der Waals surface area (Å²) >= 11 is 7.24. The van der Waals surface area contributed by atoms with E-state index in [-0.39, 0.29) is 5.91 Å². The molecular weight excluding hydrogens is 336 g/mol. The smallest absolute Gasteiger partial charge is 0.226 e. The number of hydrogen-bond donors (Lipinski definition) is 1. The normalized spacial score (nSPS) is 10.7. The number of carbonyl (C=O) groups excluding carboxylic acids is 1. The number of rotatable bonds is 6. The molecule has 118 valence electrons. The van der Waals surface area contributed by atoms with Gasteiger partial charge in [0.05, 0.1) is 0 Å². The van der Waals surface area contributed by atoms with Gasteiger partial charge in [0.25, 0.3) is 0 Å². The van der Waals surface area contributed by atoms with E-state index < -0.39 is 0 Å². The molecule has 0 saturated heterocycles. The maximum atomic E-state index is 11.7. The van der Waals surface area contributed by atoms with Crippen LogP contribution in [-0.2, 0) is 11.2 Å². The minimum absolute atomic E-state index is 0.0719. The van der Waals surface area contributed by atoms with Gasteiger partial charge in [0.15, 0.2) is 5.13 Å². The van der Waals surface area contributed by atoms with Crippen molar-refractivity contribution in [3.8, 4) is 11.4 Å². The lowest BCUT2D eigenvalue weighted by atomic mass is 10.2. The van der Waals surface area contributed by atoms with E-state index in [0.717, 1.165) is 5.56 Å². The van der Waals surface area contributed by atoms with Crippen molar-refractivity contribution in [2.45, 2.75) is 19.3 Å². The summed E-state index contributed by atoms with van der Waals surface area (Å²) in [6.45, 7) is 0. The Morgan fingerprint density at radius 2 is 2.13 bits per heavy atom. The summed E-state index contributed by atoms with van der Waals surface area (Å²) in [6.07, 6.45) is 3.20. The number of anilines is 1. The molecule has 0 atom stereocenters. The number of nitrogens with zero attached hydrogens (tertiary/aromatic N) is 3. The van der Waals surface area contributed by atoms with E-state index in [9.17, 15) is 4.79 Å². The van der Waals surface area contributed by atoms with E-state index in [1.807, 2.05) is 17.5 Å². The van der Waals surface area contributed by atoms with Crippen molar-refractivity contribution in [3.05, 3.63) is 46.8 Å². The predicted molar refractivity (Wildman–Crippen MR) is 88.4 cm³/mol. The van der Waals surface area contributed by atoms with Gasteiger partial charge in [-0.05, 0) is 30.7 Å². The van der Waals surface area contributed by atoms with Crippen molar-refractivity contribution in [3.63, 3.8) is 0 Å². The molecule has 0 bridgehead atoms. The van der Waals surface area contributed by atoms with E-state index in [2.05, 4.69) is 20.4 Å². The maximum absolute atomic E-state index is 11.7. The van der Waals surface area contributed by atoms with Crippen LogP contribution < -0.4 is 5.32 Å². The maximum Gasteiger partial charge on any atom is 0.226 e. The number of hydrogen-bond acceptors (Lipinski definition) is 6. The third-order valence-corrected chi connectivity index (χ3v) is 3.98. The van der Waals surface area contributed by atoms with Crippen LogP contribution in [0.4, 0.5) is 5.13 Å². The Bertz CT molecular complexity index is 771. The second-order valence-electron chi connectivity index (χ2n) is 4.76. The molecule has 3 aromatic rings. The highest BCUT2D eigenvalue weighted by Crippen LogP contribution is 2.19. The molecule has 0 fully saturated rings. The molecule has 0 radical (unpaired) electrons. The van der Waals surface area contributed by atoms with Gasteiger partial charge in [0, 0.05) is 35.0 Å². The summed E-state index contributed by atoms with van der Waals surface area (Å²) in [7, 11) is 0. The molecule has 0 aliphatic heterocycles. The third kappa shape index (κ3) is 4.37. The highest BCUT2D eigenvalue weighted by Gasteiger charge is 2.10. The molecule has 23 heavy (non-hydrogen) atoms. The Kier molecular flexibility index (Phi) is 4.99. The van der Waals surface area contributed by atoms with Gasteiger partial charge in [0.1, 0.15) is 0 Å². The number of nitrogens with one attached hydrogen (secondary N) is 1. The van der Waals surface area contributed by atoms with E-state index in [1.54, 1.807) is 18.3 Å². The minimum atomic E-state index is -0.0719. The van der Waals surface area contributed by atoms with E-state index in [4.69, 9.17) is 16.1 Å². The number of carbonyl (C=O) groups is 1. The standard InChI is InChI=1S/C15H13ClN4O2S/c16-11-6-4-10(5-7-11)14-19-13(22-20-14)3-1-2-12(21)18-15-17-8-9-23-15/h4-9H,1-3H2,(H,17,18,21). The first-order chi connectivity index (χ1) is 11.2. The van der Waals surface area contributed by atoms with Gasteiger partial charge in [-0.1, -0.05) is 16.8 Å². The Hall–Kier alpha value is -2.25. The molecule has 6 nitrogen and oxygen atoms in total. The zero-order valence-corrected chi connectivity index (χ0v) is 13.6. The fourth-order valence-electron chi connectivity index (χ4n) is 1.94. The van der Waals surface area contributed by atoms with Crippen molar-refractivity contribution >= 4 is 34.0 Å². The highest BCUT2D eigenvalue weighted by atomic mass is 35.5. The zero-order valence-electron chi connectivity index (χ0n) is 12.0. The van der Waals surface area contributed by atoms with Crippen LogP contribution in [0.1, 0.15) is 18.7 Å². The van der Waals surface area contributed by atoms with Crippen molar-refractivity contribution in [2.75, 3.05) is 5.32 Å². The summed E-state index contributed by atoms with van der Waals surface area (Å²) in [4.78, 5) is 20.1. The Morgan fingerprint density at radius 3 is 2.87 bits per heavy atom. The van der Waals surface area contributed by atoms with Crippen molar-refractivity contribution < 1.29 is 9.32 Å². The van der Waals surface area contributed by atoms with Gasteiger partial charge in [0.2, 0.25) is 17.6 Å². The monoisotopic (exact) mass is 348 g/mol. The molecule has 1 N–H and O–H groups in total. The second-order valence-corrected chi connectivity index (χ2v) is 6.09. The van der Waals surface area contributed by atoms with Crippen LogP contribution in [0.15, 0.2) is 40.4 Å². The molecule has 2 aromatic heterocycles. The van der Waals surface area contributed by atoms with Gasteiger partial charge in [-0.2, -0.15) is 4.98 Å². The number of aromatic nitrogens is 3. The number of amides is 1. The molecule has 1 amide bonds. The lowest BCUT2D eigenvalue weighted by molar-refractivity contribution is -0.116. The largest absolute Gasteiger partial charge is 0.339 e. The first-order valence-electron chi connectivity index (χ1n) is 6.98. The topological polar surface area (TPSA) is 80.9 Å². The average Bonchev–Trinajstić information content (AvgIpc) is 3.20. The van der Waals surface area contributed by atoms with E-state index >= 15 is 0 Å². The van der Waals surface area contributed by atoms with Crippen molar-refractivity contribution in [1.29, 1.82) is 0 Å². The fraction of sp³-hybridized carbons (Fsp3) is 0.200. The molecule has 0 spiro atoms.